The van der Waals surface area contributed by atoms with Crippen LogP contribution in [0.15, 0.2) is 16.1 Å². The highest BCUT2D eigenvalue weighted by Gasteiger charge is 2.57. The summed E-state index contributed by atoms with van der Waals surface area (Å²) in [6, 6.07) is -0.0167. The van der Waals surface area contributed by atoms with E-state index in [2.05, 4.69) is 48.4 Å². The van der Waals surface area contributed by atoms with E-state index in [-0.39, 0.29) is 34.4 Å². The molecule has 1 unspecified atom stereocenters. The first-order valence-corrected chi connectivity index (χ1v) is 16.6. The number of guanidine groups is 1. The number of carbonyl (C=O) groups excluding carboxylic acids is 2. The number of β-lactam (4-membered cyclic amide) rings is 1. The minimum atomic E-state index is -1.73. The summed E-state index contributed by atoms with van der Waals surface area (Å²) in [5.74, 6) is -1.46. The van der Waals surface area contributed by atoms with Gasteiger partial charge in [0.1, 0.15) is 23.7 Å². The SMILES string of the molecule is CC(C)(O/N=C(\C(=O)N[C@@H]1C(=O)N2C(c3nnn[nH]3)=C(C[N+]3(C)[C@@H]4CC[C@H]3C[C@@H](NC(=N)N)C4)CS[C@H]12)c1csc(N)n1)C(=O)O. The molecule has 0 saturated carbocycles. The first kappa shape index (κ1) is 31.7. The number of fused-ring (bicyclic) bond motifs is 3. The Morgan fingerprint density at radius 1 is 1.30 bits per heavy atom. The average molecular weight is 675 g/mol. The number of thioether (sulfide) groups is 1. The van der Waals surface area contributed by atoms with Crippen molar-refractivity contribution < 1.29 is 28.8 Å². The highest BCUT2D eigenvalue weighted by Crippen LogP contribution is 2.47. The summed E-state index contributed by atoms with van der Waals surface area (Å²) in [7, 11) is 2.26. The molecule has 46 heavy (non-hydrogen) atoms. The fourth-order valence-electron chi connectivity index (χ4n) is 6.85. The van der Waals surface area contributed by atoms with Crippen molar-refractivity contribution in [3.05, 3.63) is 22.5 Å². The number of rotatable bonds is 10. The van der Waals surface area contributed by atoms with Crippen molar-refractivity contribution >= 4 is 63.4 Å². The number of carbonyl (C=O) groups is 3. The Morgan fingerprint density at radius 2 is 2.02 bits per heavy atom. The van der Waals surface area contributed by atoms with E-state index in [4.69, 9.17) is 21.7 Å². The maximum Gasteiger partial charge on any atom is 0.350 e. The van der Waals surface area contributed by atoms with Crippen molar-refractivity contribution in [2.75, 3.05) is 25.1 Å². The summed E-state index contributed by atoms with van der Waals surface area (Å²) in [5.41, 5.74) is 11.1. The number of H-pyrrole nitrogens is 1. The van der Waals surface area contributed by atoms with E-state index >= 15 is 0 Å². The van der Waals surface area contributed by atoms with E-state index < -0.39 is 28.9 Å². The zero-order valence-corrected chi connectivity index (χ0v) is 27.0. The van der Waals surface area contributed by atoms with Gasteiger partial charge in [0.2, 0.25) is 5.60 Å². The topological polar surface area (TPSA) is 264 Å². The lowest BCUT2D eigenvalue weighted by atomic mass is 9.93. The maximum absolute atomic E-state index is 13.8. The van der Waals surface area contributed by atoms with Gasteiger partial charge >= 0.3 is 5.97 Å². The number of oxime groups is 1. The molecular formula is C26H36N13O5S2+. The van der Waals surface area contributed by atoms with Crippen LogP contribution in [-0.2, 0) is 19.2 Å². The number of carboxylic acids is 1. The number of piperidine rings is 1. The third-order valence-corrected chi connectivity index (χ3v) is 11.3. The van der Waals surface area contributed by atoms with Gasteiger partial charge in [-0.3, -0.25) is 19.9 Å². The molecule has 6 heterocycles. The number of hydrogen-bond acceptors (Lipinski definition) is 13. The van der Waals surface area contributed by atoms with Crippen molar-refractivity contribution in [3.8, 4) is 0 Å². The molecule has 4 aliphatic heterocycles. The van der Waals surface area contributed by atoms with Gasteiger partial charge in [0.15, 0.2) is 22.6 Å². The number of aromatic amines is 1. The molecule has 3 saturated heterocycles. The number of aliphatic carboxylic acids is 1. The van der Waals surface area contributed by atoms with Gasteiger partial charge in [0, 0.05) is 48.4 Å². The van der Waals surface area contributed by atoms with Gasteiger partial charge in [0.25, 0.3) is 11.8 Å². The smallest absolute Gasteiger partial charge is 0.350 e. The summed E-state index contributed by atoms with van der Waals surface area (Å²) in [6.07, 6.45) is 3.93. The van der Waals surface area contributed by atoms with E-state index in [1.54, 1.807) is 4.90 Å². The summed E-state index contributed by atoms with van der Waals surface area (Å²) in [6.45, 7) is 3.27. The molecule has 2 amide bonds. The van der Waals surface area contributed by atoms with Crippen molar-refractivity contribution in [2.45, 2.75) is 74.7 Å². The van der Waals surface area contributed by atoms with Gasteiger partial charge in [-0.15, -0.1) is 28.2 Å². The second-order valence-electron chi connectivity index (χ2n) is 12.6. The molecule has 246 valence electrons. The molecule has 18 nitrogen and oxygen atoms in total. The summed E-state index contributed by atoms with van der Waals surface area (Å²) < 4.78 is 0.813. The molecule has 20 heteroatoms. The Bertz CT molecular complexity index is 1610. The lowest BCUT2D eigenvalue weighted by molar-refractivity contribution is -0.944. The third-order valence-electron chi connectivity index (χ3n) is 9.27. The fraction of sp³-hybridized carbons (Fsp3) is 0.577. The molecule has 3 fully saturated rings. The van der Waals surface area contributed by atoms with Gasteiger partial charge in [-0.2, -0.15) is 0 Å². The summed E-state index contributed by atoms with van der Waals surface area (Å²) in [4.78, 5) is 49.8. The highest BCUT2D eigenvalue weighted by molar-refractivity contribution is 8.00. The Morgan fingerprint density at radius 3 is 2.61 bits per heavy atom. The Hall–Kier alpha value is -4.30. The number of hydrogen-bond donors (Lipinski definition) is 7. The number of thiazole rings is 1. The van der Waals surface area contributed by atoms with Crippen molar-refractivity contribution in [3.63, 3.8) is 0 Å². The largest absolute Gasteiger partial charge is 0.478 e. The Kier molecular flexibility index (Phi) is 8.13. The standard InChI is InChI=1S/C26H35N13O5S2/c1-26(2,23(42)43)44-35-16(15-10-46-25(29)31-15)20(40)32-17-21(41)38-18(19-33-36-37-34-19)11(9-45-22(17)38)8-39(3)13-4-5-14(39)7-12(6-13)30-24(27)28/h10,12-14,17,22H,4-9H2,1-3H3,(H8-,27,28,29,30,31,32,33,34,36,37,40,42,43)/p+1/b35-16-/t12-,13+,14-,17-,22-,39?/m1/s1. The van der Waals surface area contributed by atoms with Gasteiger partial charge in [-0.05, 0) is 24.3 Å². The molecule has 2 aromatic heterocycles. The van der Waals surface area contributed by atoms with Crippen LogP contribution in [0.25, 0.3) is 5.70 Å². The minimum absolute atomic E-state index is 0.0123. The number of tetrazole rings is 1. The van der Waals surface area contributed by atoms with Gasteiger partial charge in [-0.1, -0.05) is 5.16 Å². The number of nitrogen functional groups attached to an aromatic ring is 1. The third kappa shape index (κ3) is 5.64. The molecule has 6 atom stereocenters. The van der Waals surface area contributed by atoms with Crippen LogP contribution in [0.1, 0.15) is 51.0 Å². The summed E-state index contributed by atoms with van der Waals surface area (Å²) in [5, 5.41) is 42.5. The highest BCUT2D eigenvalue weighted by atomic mass is 32.2. The van der Waals surface area contributed by atoms with Crippen molar-refractivity contribution in [1.29, 1.82) is 5.41 Å². The molecular weight excluding hydrogens is 639 g/mol. The zero-order valence-electron chi connectivity index (χ0n) is 25.4. The monoisotopic (exact) mass is 674 g/mol. The van der Waals surface area contributed by atoms with Gasteiger partial charge in [-0.25, -0.2) is 14.9 Å². The zero-order chi connectivity index (χ0) is 33.0. The number of anilines is 1. The first-order chi connectivity index (χ1) is 21.8. The average Bonchev–Trinajstić information content (AvgIpc) is 3.70. The van der Waals surface area contributed by atoms with Crippen molar-refractivity contribution in [2.24, 2.45) is 10.9 Å². The normalized spacial score (nSPS) is 29.2. The number of quaternary nitrogens is 1. The number of amides is 2. The molecule has 4 aliphatic rings. The van der Waals surface area contributed by atoms with E-state index in [1.165, 1.54) is 31.0 Å². The van der Waals surface area contributed by atoms with Crippen LogP contribution in [0.2, 0.25) is 0 Å². The van der Waals surface area contributed by atoms with Crippen molar-refractivity contribution in [1.82, 2.24) is 41.1 Å². The van der Waals surface area contributed by atoms with Crippen LogP contribution < -0.4 is 22.1 Å². The quantitative estimate of drug-likeness (QED) is 0.0539. The number of nitrogens with two attached hydrogens (primary N) is 2. The molecule has 0 spiro atoms. The number of likely N-dealkylation sites (N-methyl/N-ethyl adjacent to an activating group) is 1. The molecule has 6 rings (SSSR count). The minimum Gasteiger partial charge on any atom is -0.478 e. The predicted octanol–water partition coefficient (Wildman–Crippen LogP) is -0.743. The molecule has 0 aromatic carbocycles. The molecule has 9 N–H and O–H groups in total. The molecule has 0 aliphatic carbocycles. The Balaban J connectivity index is 1.23. The summed E-state index contributed by atoms with van der Waals surface area (Å²) >= 11 is 2.60. The van der Waals surface area contributed by atoms with E-state index in [1.807, 2.05) is 0 Å². The van der Waals surface area contributed by atoms with Crippen LogP contribution in [0.3, 0.4) is 0 Å². The molecule has 2 bridgehead atoms. The van der Waals surface area contributed by atoms with Gasteiger partial charge < -0.3 is 36.5 Å². The van der Waals surface area contributed by atoms with Crippen LogP contribution in [-0.4, -0.2) is 124 Å². The lowest BCUT2D eigenvalue weighted by Crippen LogP contribution is -2.70. The second-order valence-corrected chi connectivity index (χ2v) is 14.6. The number of nitrogens with one attached hydrogen (secondary N) is 4. The van der Waals surface area contributed by atoms with Crippen LogP contribution in [0.4, 0.5) is 5.13 Å². The van der Waals surface area contributed by atoms with E-state index in [0.29, 0.717) is 35.9 Å². The maximum atomic E-state index is 13.8. The van der Waals surface area contributed by atoms with Crippen LogP contribution in [0, 0.1) is 5.41 Å². The van der Waals surface area contributed by atoms with Gasteiger partial charge in [0.05, 0.1) is 24.8 Å². The predicted molar refractivity (Wildman–Crippen MR) is 168 cm³/mol. The number of carboxylic acid groups (broad SMARTS) is 1. The number of nitrogens with zero attached hydrogens (tertiary/aromatic N) is 7. The van der Waals surface area contributed by atoms with Crippen LogP contribution in [0.5, 0.6) is 0 Å². The lowest BCUT2D eigenvalue weighted by Gasteiger charge is -2.52. The second kappa shape index (κ2) is 11.8. The number of aromatic nitrogens is 5. The molecule has 2 aromatic rings. The van der Waals surface area contributed by atoms with E-state index in [0.717, 1.165) is 47.1 Å². The Labute approximate surface area is 271 Å². The fourth-order valence-corrected chi connectivity index (χ4v) is 8.73. The first-order valence-electron chi connectivity index (χ1n) is 14.7. The van der Waals surface area contributed by atoms with Crippen LogP contribution >= 0.6 is 23.1 Å². The van der Waals surface area contributed by atoms with E-state index in [9.17, 15) is 19.5 Å². The molecule has 0 radical (unpaired) electrons.